The fourth-order valence-electron chi connectivity index (χ4n) is 3.28. The average molecular weight is 250 g/mol. The third-order valence-electron chi connectivity index (χ3n) is 4.26. The molecule has 0 aromatic rings. The van der Waals surface area contributed by atoms with Gasteiger partial charge >= 0.3 is 0 Å². The first-order chi connectivity index (χ1) is 8.61. The summed E-state index contributed by atoms with van der Waals surface area (Å²) >= 11 is 0. The summed E-state index contributed by atoms with van der Waals surface area (Å²) in [5, 5.41) is 0. The van der Waals surface area contributed by atoms with Crippen LogP contribution in [0, 0.1) is 11.8 Å². The van der Waals surface area contributed by atoms with Crippen molar-refractivity contribution in [1.82, 2.24) is 0 Å². The van der Waals surface area contributed by atoms with Crippen molar-refractivity contribution < 1.29 is 4.79 Å². The number of carbonyl (C=O) groups excluding carboxylic acids is 1. The molecule has 0 unspecified atom stereocenters. The molecule has 104 valence electrons. The first-order valence-electron chi connectivity index (χ1n) is 7.77. The van der Waals surface area contributed by atoms with Gasteiger partial charge in [0.05, 0.1) is 0 Å². The highest BCUT2D eigenvalue weighted by molar-refractivity contribution is 5.72. The van der Waals surface area contributed by atoms with Gasteiger partial charge < -0.3 is 4.79 Å². The fourth-order valence-corrected chi connectivity index (χ4v) is 3.28. The Morgan fingerprint density at radius 2 is 1.06 bits per heavy atom. The van der Waals surface area contributed by atoms with E-state index < -0.39 is 0 Å². The maximum Gasteiger partial charge on any atom is 0.126 e. The summed E-state index contributed by atoms with van der Waals surface area (Å²) in [5.74, 6) is 1.96. The van der Waals surface area contributed by atoms with E-state index in [9.17, 15) is 4.79 Å². The number of allylic oxidation sites excluding steroid dienone is 1. The normalized spacial score (nSPS) is 21.9. The number of carbonyl (C=O) groups is 1. The zero-order valence-corrected chi connectivity index (χ0v) is 12.3. The van der Waals surface area contributed by atoms with Crippen LogP contribution in [0.5, 0.6) is 0 Å². The highest BCUT2D eigenvalue weighted by Gasteiger charge is 2.23. The summed E-state index contributed by atoms with van der Waals surface area (Å²) in [6.07, 6.45) is 14.5. The van der Waals surface area contributed by atoms with Crippen LogP contribution in [0.2, 0.25) is 0 Å². The van der Waals surface area contributed by atoms with E-state index in [4.69, 9.17) is 0 Å². The zero-order chi connectivity index (χ0) is 13.4. The van der Waals surface area contributed by atoms with Gasteiger partial charge in [-0.25, -0.2) is 0 Å². The van der Waals surface area contributed by atoms with E-state index in [-0.39, 0.29) is 5.78 Å². The fraction of sp³-hybridized carbons (Fsp3) is 0.824. The lowest BCUT2D eigenvalue weighted by Gasteiger charge is -2.31. The molecule has 0 N–H and O–H groups in total. The summed E-state index contributed by atoms with van der Waals surface area (Å²) in [5.41, 5.74) is 1.63. The van der Waals surface area contributed by atoms with Crippen molar-refractivity contribution in [3.8, 4) is 0 Å². The molecule has 0 spiro atoms. The first kappa shape index (κ1) is 15.5. The van der Waals surface area contributed by atoms with Gasteiger partial charge in [0.2, 0.25) is 0 Å². The van der Waals surface area contributed by atoms with Crippen molar-refractivity contribution in [1.29, 1.82) is 0 Å². The van der Waals surface area contributed by atoms with E-state index >= 15 is 0 Å². The molecule has 2 rings (SSSR count). The maximum atomic E-state index is 9.44. The maximum absolute atomic E-state index is 9.44. The van der Waals surface area contributed by atoms with E-state index in [1.807, 2.05) is 0 Å². The smallest absolute Gasteiger partial charge is 0.126 e. The molecule has 2 aliphatic carbocycles. The highest BCUT2D eigenvalue weighted by Crippen LogP contribution is 2.38. The van der Waals surface area contributed by atoms with Gasteiger partial charge in [0.25, 0.3) is 0 Å². The molecule has 1 nitrogen and oxygen atoms in total. The van der Waals surface area contributed by atoms with Crippen molar-refractivity contribution in [2.24, 2.45) is 11.8 Å². The Hall–Kier alpha value is -0.590. The Morgan fingerprint density at radius 1 is 0.778 bits per heavy atom. The van der Waals surface area contributed by atoms with Crippen LogP contribution in [0.15, 0.2) is 12.2 Å². The molecule has 0 atom stereocenters. The Kier molecular flexibility index (Phi) is 7.31. The van der Waals surface area contributed by atoms with Gasteiger partial charge in [0.15, 0.2) is 0 Å². The molecule has 0 saturated heterocycles. The molecule has 0 radical (unpaired) electrons. The van der Waals surface area contributed by atoms with E-state index in [1.165, 1.54) is 78.1 Å². The zero-order valence-electron chi connectivity index (χ0n) is 12.3. The van der Waals surface area contributed by atoms with Gasteiger partial charge in [-0.2, -0.15) is 0 Å². The van der Waals surface area contributed by atoms with Crippen LogP contribution in [0.25, 0.3) is 0 Å². The minimum Gasteiger partial charge on any atom is -0.300 e. The van der Waals surface area contributed by atoms with Crippen molar-refractivity contribution in [2.45, 2.75) is 78.1 Å². The van der Waals surface area contributed by atoms with Gasteiger partial charge in [-0.3, -0.25) is 0 Å². The molecule has 0 amide bonds. The molecule has 2 aliphatic rings. The minimum absolute atomic E-state index is 0.167. The molecule has 2 saturated carbocycles. The standard InChI is InChI=1S/C14H24.C3H6O/c1-12(13-8-4-2-5-9-13)14-10-6-3-7-11-14;1-3(2)4/h13-14H,1-11H2;1-2H3. The number of Topliss-reactive ketones (excluding diaryl/α,β-unsaturated/α-hetero) is 1. The second-order valence-electron chi connectivity index (χ2n) is 6.15. The van der Waals surface area contributed by atoms with Gasteiger partial charge in [0, 0.05) is 0 Å². The van der Waals surface area contributed by atoms with E-state index in [2.05, 4.69) is 6.58 Å². The lowest BCUT2D eigenvalue weighted by Crippen LogP contribution is -2.17. The second-order valence-corrected chi connectivity index (χ2v) is 6.15. The SMILES string of the molecule is C=C(C1CCCCC1)C1CCCCC1.CC(C)=O. The van der Waals surface area contributed by atoms with Crippen LogP contribution in [0.4, 0.5) is 0 Å². The lowest BCUT2D eigenvalue weighted by atomic mass is 9.74. The van der Waals surface area contributed by atoms with E-state index in [1.54, 1.807) is 5.57 Å². The Morgan fingerprint density at radius 3 is 1.33 bits per heavy atom. The highest BCUT2D eigenvalue weighted by atomic mass is 16.1. The summed E-state index contributed by atoms with van der Waals surface area (Å²) in [4.78, 5) is 9.44. The van der Waals surface area contributed by atoms with Crippen LogP contribution in [-0.2, 0) is 4.79 Å². The first-order valence-corrected chi connectivity index (χ1v) is 7.77. The van der Waals surface area contributed by atoms with Gasteiger partial charge in [-0.1, -0.05) is 50.7 Å². The predicted octanol–water partition coefficient (Wildman–Crippen LogP) is 5.30. The van der Waals surface area contributed by atoms with Crippen LogP contribution in [0.3, 0.4) is 0 Å². The predicted molar refractivity (Wildman–Crippen MR) is 78.6 cm³/mol. The summed E-state index contributed by atoms with van der Waals surface area (Å²) in [6, 6.07) is 0. The van der Waals surface area contributed by atoms with Gasteiger partial charge in [-0.15, -0.1) is 0 Å². The average Bonchev–Trinajstić information content (AvgIpc) is 2.39. The largest absolute Gasteiger partial charge is 0.300 e. The van der Waals surface area contributed by atoms with Crippen molar-refractivity contribution in [2.75, 3.05) is 0 Å². The van der Waals surface area contributed by atoms with Crippen LogP contribution < -0.4 is 0 Å². The summed E-state index contributed by atoms with van der Waals surface area (Å²) in [7, 11) is 0. The second kappa shape index (κ2) is 8.50. The quantitative estimate of drug-likeness (QED) is 0.608. The monoisotopic (exact) mass is 250 g/mol. The van der Waals surface area contributed by atoms with E-state index in [0.717, 1.165) is 11.8 Å². The van der Waals surface area contributed by atoms with Crippen LogP contribution in [-0.4, -0.2) is 5.78 Å². The van der Waals surface area contributed by atoms with Gasteiger partial charge in [-0.05, 0) is 51.4 Å². The number of hydrogen-bond acceptors (Lipinski definition) is 1. The third-order valence-corrected chi connectivity index (χ3v) is 4.26. The molecule has 1 heteroatoms. The van der Waals surface area contributed by atoms with Crippen molar-refractivity contribution >= 4 is 5.78 Å². The summed E-state index contributed by atoms with van der Waals surface area (Å²) in [6.45, 7) is 7.46. The number of hydrogen-bond donors (Lipinski definition) is 0. The molecule has 2 fully saturated rings. The molecule has 18 heavy (non-hydrogen) atoms. The van der Waals surface area contributed by atoms with Crippen LogP contribution >= 0.6 is 0 Å². The third kappa shape index (κ3) is 5.84. The Balaban J connectivity index is 0.000000357. The molecular weight excluding hydrogens is 220 g/mol. The van der Waals surface area contributed by atoms with Gasteiger partial charge in [0.1, 0.15) is 5.78 Å². The molecule has 0 aromatic carbocycles. The molecule has 0 aromatic heterocycles. The van der Waals surface area contributed by atoms with Crippen molar-refractivity contribution in [3.05, 3.63) is 12.2 Å². The lowest BCUT2D eigenvalue weighted by molar-refractivity contribution is -0.114. The Labute approximate surface area is 113 Å². The molecule has 0 bridgehead atoms. The van der Waals surface area contributed by atoms with Crippen LogP contribution in [0.1, 0.15) is 78.1 Å². The summed E-state index contributed by atoms with van der Waals surface area (Å²) < 4.78 is 0. The molecular formula is C17H30O. The number of ketones is 1. The topological polar surface area (TPSA) is 17.1 Å². The van der Waals surface area contributed by atoms with Crippen molar-refractivity contribution in [3.63, 3.8) is 0 Å². The Bertz CT molecular complexity index is 231. The van der Waals surface area contributed by atoms with E-state index in [0.29, 0.717) is 0 Å². The number of rotatable bonds is 2. The minimum atomic E-state index is 0.167. The molecule has 0 heterocycles. The molecule has 0 aliphatic heterocycles.